The molecule has 1 radical (unpaired) electrons. The van der Waals surface area contributed by atoms with E-state index in [0.29, 0.717) is 11.3 Å². The van der Waals surface area contributed by atoms with Gasteiger partial charge in [-0.05, 0) is 37.2 Å². The maximum atomic E-state index is 5.83. The van der Waals surface area contributed by atoms with Crippen molar-refractivity contribution in [2.24, 2.45) is 11.3 Å². The second-order valence-electron chi connectivity index (χ2n) is 5.24. The molecule has 0 heteroatoms. The molecule has 83 valence electrons. The van der Waals surface area contributed by atoms with Crippen LogP contribution in [0.1, 0.15) is 47.0 Å². The predicted octanol–water partition coefficient (Wildman–Crippen LogP) is 4.69. The quantitative estimate of drug-likeness (QED) is 0.461. The normalized spacial score (nSPS) is 25.3. The molecular weight excluding hydrogens is 180 g/mol. The van der Waals surface area contributed by atoms with E-state index in [9.17, 15) is 0 Å². The molecule has 0 aliphatic heterocycles. The van der Waals surface area contributed by atoms with Crippen molar-refractivity contribution in [1.29, 1.82) is 0 Å². The van der Waals surface area contributed by atoms with Gasteiger partial charge in [0.25, 0.3) is 0 Å². The minimum absolute atomic E-state index is 0.378. The lowest BCUT2D eigenvalue weighted by Crippen LogP contribution is -2.26. The summed E-state index contributed by atoms with van der Waals surface area (Å²) in [7, 11) is 0. The summed E-state index contributed by atoms with van der Waals surface area (Å²) < 4.78 is 0. The summed E-state index contributed by atoms with van der Waals surface area (Å²) in [6.07, 6.45) is 10.2. The Balaban J connectivity index is 2.81. The third-order valence-electron chi connectivity index (χ3n) is 3.50. The van der Waals surface area contributed by atoms with Gasteiger partial charge in [-0.25, -0.2) is 0 Å². The van der Waals surface area contributed by atoms with Crippen LogP contribution in [0.5, 0.6) is 0 Å². The number of hydrogen-bond acceptors (Lipinski definition) is 0. The fourth-order valence-corrected chi connectivity index (χ4v) is 2.32. The van der Waals surface area contributed by atoms with Crippen LogP contribution in [0.2, 0.25) is 0 Å². The molecule has 0 N–H and O–H groups in total. The van der Waals surface area contributed by atoms with Crippen molar-refractivity contribution >= 4 is 0 Å². The summed E-state index contributed by atoms with van der Waals surface area (Å²) in [5.74, 6) is 0.552. The van der Waals surface area contributed by atoms with Gasteiger partial charge in [0, 0.05) is 5.92 Å². The van der Waals surface area contributed by atoms with Crippen LogP contribution in [0.4, 0.5) is 0 Å². The molecule has 0 bridgehead atoms. The second kappa shape index (κ2) is 4.83. The first-order valence-corrected chi connectivity index (χ1v) is 5.93. The molecule has 0 aromatic rings. The predicted molar refractivity (Wildman–Crippen MR) is 67.5 cm³/mol. The van der Waals surface area contributed by atoms with Crippen molar-refractivity contribution in [2.45, 2.75) is 47.0 Å². The van der Waals surface area contributed by atoms with Crippen molar-refractivity contribution in [3.63, 3.8) is 0 Å². The van der Waals surface area contributed by atoms with Crippen LogP contribution < -0.4 is 0 Å². The van der Waals surface area contributed by atoms with Crippen LogP contribution in [0, 0.1) is 17.9 Å². The van der Waals surface area contributed by atoms with Crippen LogP contribution in [0.25, 0.3) is 0 Å². The van der Waals surface area contributed by atoms with Crippen molar-refractivity contribution in [3.05, 3.63) is 36.0 Å². The highest BCUT2D eigenvalue weighted by molar-refractivity contribution is 5.23. The van der Waals surface area contributed by atoms with E-state index in [1.165, 1.54) is 18.4 Å². The fraction of sp³-hybridized carbons (Fsp3) is 0.600. The smallest absolute Gasteiger partial charge is 0.00285 e. The molecule has 0 saturated heterocycles. The summed E-state index contributed by atoms with van der Waals surface area (Å²) in [6, 6.07) is 0. The number of rotatable bonds is 3. The highest BCUT2D eigenvalue weighted by atomic mass is 14.3. The van der Waals surface area contributed by atoms with Gasteiger partial charge < -0.3 is 0 Å². The van der Waals surface area contributed by atoms with Gasteiger partial charge in [-0.15, -0.1) is 0 Å². The first-order chi connectivity index (χ1) is 6.97. The summed E-state index contributed by atoms with van der Waals surface area (Å²) in [5, 5.41) is 0. The summed E-state index contributed by atoms with van der Waals surface area (Å²) in [4.78, 5) is 0. The zero-order valence-electron chi connectivity index (χ0n) is 10.5. The zero-order valence-corrected chi connectivity index (χ0v) is 10.5. The van der Waals surface area contributed by atoms with Gasteiger partial charge in [-0.2, -0.15) is 0 Å². The highest BCUT2D eigenvalue weighted by Gasteiger charge is 2.30. The van der Waals surface area contributed by atoms with Crippen molar-refractivity contribution in [3.8, 4) is 0 Å². The Hall–Kier alpha value is -0.780. The lowest BCUT2D eigenvalue weighted by Gasteiger charge is -2.36. The Bertz CT molecular complexity index is 289. The average molecular weight is 203 g/mol. The molecule has 1 aliphatic rings. The van der Waals surface area contributed by atoms with Crippen LogP contribution in [-0.2, 0) is 0 Å². The van der Waals surface area contributed by atoms with E-state index < -0.39 is 0 Å². The largest absolute Gasteiger partial charge is 0.0850 e. The second-order valence-corrected chi connectivity index (χ2v) is 5.24. The van der Waals surface area contributed by atoms with Gasteiger partial charge in [0.15, 0.2) is 0 Å². The molecule has 0 saturated carbocycles. The SMILES string of the molecule is [CH]=C(/C=C/C1C(C)=CCCC1(C)C)CC. The molecule has 15 heavy (non-hydrogen) atoms. The number of allylic oxidation sites excluding steroid dienone is 5. The van der Waals surface area contributed by atoms with E-state index in [-0.39, 0.29) is 0 Å². The van der Waals surface area contributed by atoms with Crippen molar-refractivity contribution in [1.82, 2.24) is 0 Å². The standard InChI is InChI=1S/C15H23/c1-6-12(2)9-10-14-13(3)8-7-11-15(14,4)5/h2,8-10,14H,6-7,11H2,1,3-5H3/b10-9+,12-2?. The molecule has 0 heterocycles. The van der Waals surface area contributed by atoms with Crippen molar-refractivity contribution < 1.29 is 0 Å². The van der Waals surface area contributed by atoms with E-state index in [4.69, 9.17) is 6.58 Å². The molecule has 1 atom stereocenters. The van der Waals surface area contributed by atoms with E-state index in [0.717, 1.165) is 12.0 Å². The molecule has 0 nitrogen and oxygen atoms in total. The van der Waals surface area contributed by atoms with Gasteiger partial charge in [0.2, 0.25) is 0 Å². The molecule has 1 aliphatic carbocycles. The summed E-state index contributed by atoms with van der Waals surface area (Å²) in [5.41, 5.74) is 2.85. The summed E-state index contributed by atoms with van der Waals surface area (Å²) >= 11 is 0. The van der Waals surface area contributed by atoms with Gasteiger partial charge >= 0.3 is 0 Å². The first kappa shape index (κ1) is 12.3. The fourth-order valence-electron chi connectivity index (χ4n) is 2.32. The third kappa shape index (κ3) is 3.09. The van der Waals surface area contributed by atoms with Gasteiger partial charge in [0.1, 0.15) is 0 Å². The maximum Gasteiger partial charge on any atom is 0.00285 e. The summed E-state index contributed by atoms with van der Waals surface area (Å²) in [6.45, 7) is 14.9. The van der Waals surface area contributed by atoms with E-state index in [1.807, 2.05) is 0 Å². The van der Waals surface area contributed by atoms with Gasteiger partial charge in [0.05, 0.1) is 0 Å². The van der Waals surface area contributed by atoms with Gasteiger partial charge in [-0.3, -0.25) is 0 Å². The van der Waals surface area contributed by atoms with E-state index >= 15 is 0 Å². The molecule has 0 fully saturated rings. The van der Waals surface area contributed by atoms with Crippen LogP contribution in [-0.4, -0.2) is 0 Å². The average Bonchev–Trinajstić information content (AvgIpc) is 2.15. The van der Waals surface area contributed by atoms with Crippen LogP contribution in [0.15, 0.2) is 29.4 Å². The van der Waals surface area contributed by atoms with Crippen LogP contribution >= 0.6 is 0 Å². The Kier molecular flexibility index (Phi) is 3.96. The monoisotopic (exact) mass is 203 g/mol. The highest BCUT2D eigenvalue weighted by Crippen LogP contribution is 2.41. The molecule has 0 aromatic carbocycles. The Morgan fingerprint density at radius 2 is 2.27 bits per heavy atom. The zero-order chi connectivity index (χ0) is 11.5. The van der Waals surface area contributed by atoms with E-state index in [2.05, 4.69) is 45.9 Å². The minimum Gasteiger partial charge on any atom is -0.0850 e. The molecule has 1 rings (SSSR count). The first-order valence-electron chi connectivity index (χ1n) is 5.93. The molecule has 0 spiro atoms. The lowest BCUT2D eigenvalue weighted by molar-refractivity contribution is 0.255. The topological polar surface area (TPSA) is 0 Å². The van der Waals surface area contributed by atoms with E-state index in [1.54, 1.807) is 0 Å². The van der Waals surface area contributed by atoms with Crippen LogP contribution in [0.3, 0.4) is 0 Å². The number of hydrogen-bond donors (Lipinski definition) is 0. The molecule has 0 aromatic heterocycles. The van der Waals surface area contributed by atoms with Crippen molar-refractivity contribution in [2.75, 3.05) is 0 Å². The van der Waals surface area contributed by atoms with Gasteiger partial charge in [-0.1, -0.05) is 51.2 Å². The molecule has 0 amide bonds. The molecule has 1 unspecified atom stereocenters. The molecular formula is C15H23. The Labute approximate surface area is 94.8 Å². The third-order valence-corrected chi connectivity index (χ3v) is 3.50. The lowest BCUT2D eigenvalue weighted by atomic mass is 9.68. The minimum atomic E-state index is 0.378. The maximum absolute atomic E-state index is 5.83. The Morgan fingerprint density at radius 1 is 1.60 bits per heavy atom. The Morgan fingerprint density at radius 3 is 2.80 bits per heavy atom.